The van der Waals surface area contributed by atoms with E-state index in [1.54, 1.807) is 61.4 Å². The Kier molecular flexibility index (Phi) is 17.9. The van der Waals surface area contributed by atoms with Crippen molar-refractivity contribution in [2.45, 2.75) is 20.3 Å². The number of hydrogen-bond donors (Lipinski definition) is 3. The van der Waals surface area contributed by atoms with Gasteiger partial charge in [-0.1, -0.05) is 20.3 Å². The summed E-state index contributed by atoms with van der Waals surface area (Å²) in [6, 6.07) is 1.53. The van der Waals surface area contributed by atoms with Crippen LogP contribution >= 0.6 is 9.42 Å². The maximum absolute atomic E-state index is 12.6. The molecular formula is C22H35ClN10O3Pt-3. The molecule has 0 saturated carbocycles. The van der Waals surface area contributed by atoms with Crippen LogP contribution < -0.4 is 16.0 Å². The normalized spacial score (nSPS) is 9.32. The van der Waals surface area contributed by atoms with Gasteiger partial charge in [0.15, 0.2) is 11.6 Å². The van der Waals surface area contributed by atoms with Crippen molar-refractivity contribution < 1.29 is 33.2 Å². The number of nitrogens with one attached hydrogen (secondary N) is 4. The fourth-order valence-corrected chi connectivity index (χ4v) is 2.81. The van der Waals surface area contributed by atoms with Crippen LogP contribution in [0.2, 0.25) is 0 Å². The number of amides is 3. The Morgan fingerprint density at radius 2 is 1.57 bits per heavy atom. The van der Waals surface area contributed by atoms with Crippen molar-refractivity contribution in [1.29, 1.82) is 0 Å². The zero-order valence-corrected chi connectivity index (χ0v) is 24.8. The van der Waals surface area contributed by atoms with E-state index in [4.69, 9.17) is 5.73 Å². The Morgan fingerprint density at radius 1 is 0.973 bits per heavy atom. The van der Waals surface area contributed by atoms with Crippen LogP contribution in [0.15, 0.2) is 30.9 Å². The molecule has 0 spiro atoms. The summed E-state index contributed by atoms with van der Waals surface area (Å²) in [5.41, 5.74) is 7.87. The number of halogens is 1. The van der Waals surface area contributed by atoms with Crippen LogP contribution in [0.5, 0.6) is 0 Å². The Bertz CT molecular complexity index is 1130. The Balaban J connectivity index is 0. The molecule has 15 heteroatoms. The van der Waals surface area contributed by atoms with E-state index >= 15 is 0 Å². The molecule has 211 valence electrons. The first kappa shape index (κ1) is 36.2. The van der Waals surface area contributed by atoms with Crippen LogP contribution in [0, 0.1) is 7.43 Å². The molecule has 0 aliphatic heterocycles. The number of rotatable bonds is 7. The van der Waals surface area contributed by atoms with Crippen LogP contribution in [0.1, 0.15) is 52.0 Å². The predicted molar refractivity (Wildman–Crippen MR) is 143 cm³/mol. The summed E-state index contributed by atoms with van der Waals surface area (Å²) in [6.45, 7) is 4.57. The fourth-order valence-electron chi connectivity index (χ4n) is 2.81. The number of aromatic nitrogens is 5. The first-order valence-corrected chi connectivity index (χ1v) is 13.4. The van der Waals surface area contributed by atoms with Crippen molar-refractivity contribution in [2.75, 3.05) is 23.7 Å². The summed E-state index contributed by atoms with van der Waals surface area (Å²) < 4.78 is 4.62. The van der Waals surface area contributed by atoms with Crippen molar-refractivity contribution in [3.8, 4) is 0 Å². The van der Waals surface area contributed by atoms with Crippen molar-refractivity contribution in [3.05, 3.63) is 67.5 Å². The summed E-state index contributed by atoms with van der Waals surface area (Å²) in [6.07, 6.45) is 7.52. The van der Waals surface area contributed by atoms with Gasteiger partial charge in [-0.2, -0.15) is 0 Å². The van der Waals surface area contributed by atoms with Gasteiger partial charge in [0.05, 0.1) is 5.69 Å². The largest absolute Gasteiger partial charge is 0.693 e. The minimum absolute atomic E-state index is 0. The summed E-state index contributed by atoms with van der Waals surface area (Å²) >= 11 is 1.61. The zero-order valence-electron chi connectivity index (χ0n) is 21.7. The van der Waals surface area contributed by atoms with E-state index in [0.29, 0.717) is 11.4 Å². The molecule has 0 fully saturated rings. The third kappa shape index (κ3) is 10.5. The molecule has 3 amide bonds. The quantitative estimate of drug-likeness (QED) is 0.311. The monoisotopic (exact) mass is 717 g/mol. The molecule has 0 aliphatic rings. The molecule has 3 heterocycles. The van der Waals surface area contributed by atoms with Gasteiger partial charge < -0.3 is 49.0 Å². The van der Waals surface area contributed by atoms with E-state index in [1.165, 1.54) is 29.4 Å². The predicted octanol–water partition coefficient (Wildman–Crippen LogP) is 4.05. The van der Waals surface area contributed by atoms with Crippen molar-refractivity contribution in [3.63, 3.8) is 0 Å². The SMILES string of the molecule is CCC.Cn1cc(NC(=O)c2nc(NC(=O)c3nccn3C)cn2C)cc1C(=O)NCC[NH-].[CH3-].[Cl][Pt].[NH2-]. The minimum Gasteiger partial charge on any atom is -0.693 e. The second-order valence-corrected chi connectivity index (χ2v) is 7.27. The maximum Gasteiger partial charge on any atom is -0.693 e. The number of nitrogens with two attached hydrogens (primary N) is 1. The van der Waals surface area contributed by atoms with Gasteiger partial charge in [-0.05, 0) is 12.6 Å². The van der Waals surface area contributed by atoms with Gasteiger partial charge in [0.1, 0.15) is 5.69 Å². The first-order valence-electron chi connectivity index (χ1n) is 10.6. The molecule has 0 unspecified atom stereocenters. The number of hydrogen-bond acceptors (Lipinski definition) is 5. The Morgan fingerprint density at radius 3 is 2.11 bits per heavy atom. The van der Waals surface area contributed by atoms with Gasteiger partial charge in [0.2, 0.25) is 5.82 Å². The molecule has 0 atom stereocenters. The fraction of sp³-hybridized carbons (Fsp3) is 0.364. The van der Waals surface area contributed by atoms with E-state index in [1.807, 2.05) is 0 Å². The standard InChI is InChI=1S/C18H22N9O3.C3H8.CH3.ClH.H2N.Pt/c1-25-7-6-20-14(25)17(29)24-13-10-27(3)15(23-13)18(30)22-11-8-12(26(2)9-11)16(28)21-5-4-19;1-3-2;;;;/h6-10,19H,4-5H2,1-3H3,(H,21,28)(H,22,30)(H,24,29);3H2,1-2H3;1H3;1H;1H2;/q-1;;-1;;-1;+1/p-1. The Labute approximate surface area is 233 Å². The molecule has 0 aliphatic carbocycles. The molecule has 0 aromatic carbocycles. The van der Waals surface area contributed by atoms with Crippen molar-refractivity contribution in [2.24, 2.45) is 21.1 Å². The van der Waals surface area contributed by atoms with Crippen LogP contribution in [-0.2, 0) is 39.9 Å². The van der Waals surface area contributed by atoms with Crippen molar-refractivity contribution in [1.82, 2.24) is 29.0 Å². The summed E-state index contributed by atoms with van der Waals surface area (Å²) in [5, 5.41) is 7.90. The number of carbonyl (C=O) groups is 3. The second-order valence-electron chi connectivity index (χ2n) is 7.27. The number of aryl methyl sites for hydroxylation is 3. The number of nitrogens with zero attached hydrogens (tertiary/aromatic N) is 5. The topological polar surface area (TPSA) is 185 Å². The zero-order chi connectivity index (χ0) is 26.5. The third-order valence-corrected chi connectivity index (χ3v) is 4.25. The molecule has 0 radical (unpaired) electrons. The molecular weight excluding hydrogens is 683 g/mol. The van der Waals surface area contributed by atoms with E-state index in [-0.39, 0.29) is 50.0 Å². The average Bonchev–Trinajstić information content (AvgIpc) is 3.52. The number of imidazole rings is 2. The molecule has 3 aromatic heterocycles. The van der Waals surface area contributed by atoms with Gasteiger partial charge in [0, 0.05) is 45.9 Å². The smallest absolute Gasteiger partial charge is 0.693 e. The van der Waals surface area contributed by atoms with E-state index in [0.717, 1.165) is 0 Å². The minimum atomic E-state index is -0.501. The third-order valence-electron chi connectivity index (χ3n) is 4.25. The van der Waals surface area contributed by atoms with Crippen LogP contribution in [0.25, 0.3) is 11.9 Å². The van der Waals surface area contributed by atoms with Crippen molar-refractivity contribution >= 4 is 38.6 Å². The van der Waals surface area contributed by atoms with Gasteiger partial charge in [0.25, 0.3) is 17.7 Å². The molecule has 0 saturated heterocycles. The summed E-state index contributed by atoms with van der Waals surface area (Å²) in [4.78, 5) is 45.1. The van der Waals surface area contributed by atoms with Gasteiger partial charge >= 0.3 is 28.2 Å². The molecule has 6 N–H and O–H groups in total. The molecule has 3 aromatic rings. The number of anilines is 2. The molecule has 37 heavy (non-hydrogen) atoms. The summed E-state index contributed by atoms with van der Waals surface area (Å²) in [5.74, 6) is -0.778. The van der Waals surface area contributed by atoms with E-state index in [9.17, 15) is 14.4 Å². The second kappa shape index (κ2) is 18.3. The average molecular weight is 718 g/mol. The number of carbonyl (C=O) groups excluding carboxylic acids is 3. The van der Waals surface area contributed by atoms with Crippen LogP contribution in [-0.4, -0.2) is 54.5 Å². The maximum atomic E-state index is 12.6. The summed E-state index contributed by atoms with van der Waals surface area (Å²) in [7, 11) is 9.61. The molecule has 3 rings (SSSR count). The Hall–Kier alpha value is -2.99. The van der Waals surface area contributed by atoms with Gasteiger partial charge in [-0.25, -0.2) is 9.97 Å². The van der Waals surface area contributed by atoms with Gasteiger partial charge in [-0.3, -0.25) is 14.4 Å². The molecule has 13 nitrogen and oxygen atoms in total. The van der Waals surface area contributed by atoms with Gasteiger partial charge in [-0.15, -0.1) is 6.54 Å². The van der Waals surface area contributed by atoms with E-state index < -0.39 is 11.8 Å². The first-order chi connectivity index (χ1) is 16.7. The molecule has 0 bridgehead atoms. The van der Waals surface area contributed by atoms with E-state index in [2.05, 4.69) is 49.2 Å². The van der Waals surface area contributed by atoms with Crippen LogP contribution in [0.3, 0.4) is 0 Å². The van der Waals surface area contributed by atoms with Crippen LogP contribution in [0.4, 0.5) is 11.5 Å².